The number of hydrogen-bond donors (Lipinski definition) is 2. The lowest BCUT2D eigenvalue weighted by Crippen LogP contribution is -2.02. The zero-order chi connectivity index (χ0) is 10.8. The van der Waals surface area contributed by atoms with Crippen LogP contribution < -0.4 is 5.73 Å². The van der Waals surface area contributed by atoms with Crippen molar-refractivity contribution >= 4 is 33.0 Å². The number of anilines is 1. The number of benzene rings is 1. The second-order valence-electron chi connectivity index (χ2n) is 3.16. The molecule has 0 amide bonds. The number of nitrogen functional groups attached to an aromatic ring is 1. The zero-order valence-electron chi connectivity index (χ0n) is 7.85. The number of rotatable bonds is 2. The van der Waals surface area contributed by atoms with Gasteiger partial charge in [0.15, 0.2) is 0 Å². The van der Waals surface area contributed by atoms with Crippen LogP contribution in [0.2, 0.25) is 0 Å². The molecule has 0 fully saturated rings. The first-order valence-corrected chi connectivity index (χ1v) is 6.13. The van der Waals surface area contributed by atoms with Crippen molar-refractivity contribution < 1.29 is 5.11 Å². The Balaban J connectivity index is 2.42. The van der Waals surface area contributed by atoms with Crippen molar-refractivity contribution in [2.75, 3.05) is 5.73 Å². The molecule has 1 heterocycles. The van der Waals surface area contributed by atoms with E-state index in [0.29, 0.717) is 5.69 Å². The Morgan fingerprint density at radius 3 is 2.73 bits per heavy atom. The Morgan fingerprint density at radius 2 is 2.07 bits per heavy atom. The molecular weight excluding hydrogens is 274 g/mol. The molecule has 4 heteroatoms. The van der Waals surface area contributed by atoms with Crippen LogP contribution in [0.5, 0.6) is 0 Å². The molecule has 0 aliphatic carbocycles. The minimum absolute atomic E-state index is 0.596. The number of thiophene rings is 1. The third kappa shape index (κ3) is 2.07. The summed E-state index contributed by atoms with van der Waals surface area (Å²) in [5.41, 5.74) is 7.23. The highest BCUT2D eigenvalue weighted by molar-refractivity contribution is 9.10. The Kier molecular flexibility index (Phi) is 3.09. The molecular formula is C11H10BrNOS. The molecule has 78 valence electrons. The van der Waals surface area contributed by atoms with Crippen LogP contribution >= 0.6 is 27.3 Å². The van der Waals surface area contributed by atoms with Crippen molar-refractivity contribution in [1.29, 1.82) is 0 Å². The first kappa shape index (κ1) is 10.7. The second kappa shape index (κ2) is 4.35. The van der Waals surface area contributed by atoms with Gasteiger partial charge < -0.3 is 10.8 Å². The van der Waals surface area contributed by atoms with Gasteiger partial charge in [0.25, 0.3) is 0 Å². The first-order valence-electron chi connectivity index (χ1n) is 4.45. The van der Waals surface area contributed by atoms with Crippen molar-refractivity contribution in [3.8, 4) is 0 Å². The maximum absolute atomic E-state index is 10.1. The summed E-state index contributed by atoms with van der Waals surface area (Å²) in [7, 11) is 0. The van der Waals surface area contributed by atoms with E-state index in [1.807, 2.05) is 35.7 Å². The van der Waals surface area contributed by atoms with Crippen LogP contribution in [-0.4, -0.2) is 5.11 Å². The largest absolute Gasteiger partial charge is 0.398 e. The summed E-state index contributed by atoms with van der Waals surface area (Å²) >= 11 is 4.86. The van der Waals surface area contributed by atoms with Gasteiger partial charge in [0.05, 0.1) is 5.69 Å². The van der Waals surface area contributed by atoms with E-state index in [-0.39, 0.29) is 0 Å². The van der Waals surface area contributed by atoms with E-state index in [1.165, 1.54) is 11.3 Å². The van der Waals surface area contributed by atoms with Crippen LogP contribution in [0.4, 0.5) is 5.69 Å². The average molecular weight is 284 g/mol. The lowest BCUT2D eigenvalue weighted by atomic mass is 10.1. The molecule has 1 aromatic carbocycles. The SMILES string of the molecule is Nc1c(Br)cccc1C(O)c1cccs1. The third-order valence-electron chi connectivity index (χ3n) is 2.19. The normalized spacial score (nSPS) is 12.7. The predicted octanol–water partition coefficient (Wildman–Crippen LogP) is 3.17. The Hall–Kier alpha value is -0.840. The van der Waals surface area contributed by atoms with Gasteiger partial charge in [0.2, 0.25) is 0 Å². The quantitative estimate of drug-likeness (QED) is 0.832. The van der Waals surface area contributed by atoms with Crippen molar-refractivity contribution in [2.24, 2.45) is 0 Å². The maximum Gasteiger partial charge on any atom is 0.115 e. The van der Waals surface area contributed by atoms with Gasteiger partial charge in [-0.25, -0.2) is 0 Å². The molecule has 0 saturated heterocycles. The Morgan fingerprint density at radius 1 is 1.27 bits per heavy atom. The Labute approximate surface area is 100 Å². The van der Waals surface area contributed by atoms with Gasteiger partial charge in [-0.15, -0.1) is 11.3 Å². The number of nitrogens with two attached hydrogens (primary N) is 1. The molecule has 0 spiro atoms. The van der Waals surface area contributed by atoms with E-state index in [1.54, 1.807) is 0 Å². The monoisotopic (exact) mass is 283 g/mol. The number of aliphatic hydroxyl groups is 1. The van der Waals surface area contributed by atoms with Crippen LogP contribution in [0.15, 0.2) is 40.2 Å². The fourth-order valence-corrected chi connectivity index (χ4v) is 2.50. The second-order valence-corrected chi connectivity index (χ2v) is 4.99. The molecule has 0 saturated carbocycles. The number of para-hydroxylation sites is 1. The van der Waals surface area contributed by atoms with Crippen molar-refractivity contribution in [2.45, 2.75) is 6.10 Å². The number of hydrogen-bond acceptors (Lipinski definition) is 3. The van der Waals surface area contributed by atoms with E-state index in [0.717, 1.165) is 14.9 Å². The number of aliphatic hydroxyl groups excluding tert-OH is 1. The predicted molar refractivity (Wildman–Crippen MR) is 66.9 cm³/mol. The van der Waals surface area contributed by atoms with Gasteiger partial charge in [-0.1, -0.05) is 18.2 Å². The van der Waals surface area contributed by atoms with Crippen LogP contribution in [0.25, 0.3) is 0 Å². The maximum atomic E-state index is 10.1. The standard InChI is InChI=1S/C11H10BrNOS/c12-8-4-1-3-7(10(8)13)11(14)9-5-2-6-15-9/h1-6,11,14H,13H2. The van der Waals surface area contributed by atoms with Crippen LogP contribution in [0, 0.1) is 0 Å². The molecule has 1 aromatic heterocycles. The van der Waals surface area contributed by atoms with Gasteiger partial charge in [-0.3, -0.25) is 0 Å². The molecule has 0 aliphatic rings. The molecule has 1 unspecified atom stereocenters. The van der Waals surface area contributed by atoms with Crippen molar-refractivity contribution in [1.82, 2.24) is 0 Å². The highest BCUT2D eigenvalue weighted by Gasteiger charge is 2.15. The van der Waals surface area contributed by atoms with Crippen molar-refractivity contribution in [3.05, 3.63) is 50.6 Å². The Bertz CT molecular complexity index is 456. The topological polar surface area (TPSA) is 46.2 Å². The molecule has 2 nitrogen and oxygen atoms in total. The van der Waals surface area contributed by atoms with Crippen LogP contribution in [-0.2, 0) is 0 Å². The summed E-state index contributed by atoms with van der Waals surface area (Å²) in [5.74, 6) is 0. The molecule has 15 heavy (non-hydrogen) atoms. The average Bonchev–Trinajstić information content (AvgIpc) is 2.74. The summed E-state index contributed by atoms with van der Waals surface area (Å²) in [4.78, 5) is 0.903. The molecule has 0 aliphatic heterocycles. The van der Waals surface area contributed by atoms with Crippen LogP contribution in [0.3, 0.4) is 0 Å². The fraction of sp³-hybridized carbons (Fsp3) is 0.0909. The van der Waals surface area contributed by atoms with Gasteiger partial charge in [-0.05, 0) is 33.4 Å². The molecule has 3 N–H and O–H groups in total. The van der Waals surface area contributed by atoms with Crippen molar-refractivity contribution in [3.63, 3.8) is 0 Å². The minimum atomic E-state index is -0.637. The highest BCUT2D eigenvalue weighted by atomic mass is 79.9. The number of halogens is 1. The van der Waals surface area contributed by atoms with E-state index >= 15 is 0 Å². The summed E-state index contributed by atoms with van der Waals surface area (Å²) < 4.78 is 0.815. The van der Waals surface area contributed by atoms with Gasteiger partial charge in [-0.2, -0.15) is 0 Å². The van der Waals surface area contributed by atoms with E-state index in [4.69, 9.17) is 5.73 Å². The van der Waals surface area contributed by atoms with Gasteiger partial charge >= 0.3 is 0 Å². The lowest BCUT2D eigenvalue weighted by molar-refractivity contribution is 0.225. The van der Waals surface area contributed by atoms with Gasteiger partial charge in [0, 0.05) is 14.9 Å². The van der Waals surface area contributed by atoms with E-state index in [9.17, 15) is 5.11 Å². The molecule has 2 aromatic rings. The summed E-state index contributed by atoms with van der Waals surface area (Å²) in [6.45, 7) is 0. The highest BCUT2D eigenvalue weighted by Crippen LogP contribution is 2.33. The molecule has 0 radical (unpaired) electrons. The molecule has 2 rings (SSSR count). The minimum Gasteiger partial charge on any atom is -0.398 e. The van der Waals surface area contributed by atoms with Crippen LogP contribution in [0.1, 0.15) is 16.5 Å². The summed E-state index contributed by atoms with van der Waals surface area (Å²) in [6.07, 6.45) is -0.637. The smallest absolute Gasteiger partial charge is 0.115 e. The molecule has 1 atom stereocenters. The third-order valence-corrected chi connectivity index (χ3v) is 3.81. The summed E-state index contributed by atoms with van der Waals surface area (Å²) in [6, 6.07) is 9.38. The summed E-state index contributed by atoms with van der Waals surface area (Å²) in [5, 5.41) is 12.0. The van der Waals surface area contributed by atoms with E-state index in [2.05, 4.69) is 15.9 Å². The first-order chi connectivity index (χ1) is 7.20. The zero-order valence-corrected chi connectivity index (χ0v) is 10.3. The molecule has 0 bridgehead atoms. The lowest BCUT2D eigenvalue weighted by Gasteiger charge is -2.12. The van der Waals surface area contributed by atoms with Gasteiger partial charge in [0.1, 0.15) is 6.10 Å². The fourth-order valence-electron chi connectivity index (χ4n) is 1.39. The van der Waals surface area contributed by atoms with E-state index < -0.39 is 6.10 Å².